The number of carbonyl (C=O) groups is 1. The number of ether oxygens (including phenoxy) is 1. The van der Waals surface area contributed by atoms with Gasteiger partial charge < -0.3 is 4.74 Å². The van der Waals surface area contributed by atoms with E-state index in [-0.39, 0.29) is 0 Å². The van der Waals surface area contributed by atoms with Gasteiger partial charge in [0.2, 0.25) is 0 Å². The molecule has 2 heteroatoms. The van der Waals surface area contributed by atoms with E-state index in [1.165, 1.54) is 6.08 Å². The van der Waals surface area contributed by atoms with E-state index in [2.05, 4.69) is 0 Å². The summed E-state index contributed by atoms with van der Waals surface area (Å²) >= 11 is 0. The molecule has 0 unspecified atom stereocenters. The van der Waals surface area contributed by atoms with Gasteiger partial charge in [-0.25, -0.2) is 0 Å². The Morgan fingerprint density at radius 3 is 3.00 bits per heavy atom. The van der Waals surface area contributed by atoms with Gasteiger partial charge in [0, 0.05) is 0 Å². The predicted molar refractivity (Wildman–Crippen MR) is 51.9 cm³/mol. The first-order valence-corrected chi connectivity index (χ1v) is 4.10. The minimum Gasteiger partial charge on any atom is -0.497 e. The minimum atomic E-state index is 0.760. The lowest BCUT2D eigenvalue weighted by molar-refractivity contribution is -0.104. The molecule has 0 fully saturated rings. The molecule has 0 amide bonds. The Morgan fingerprint density at radius 2 is 2.31 bits per heavy atom. The van der Waals surface area contributed by atoms with Gasteiger partial charge in [0.1, 0.15) is 12.0 Å². The molecule has 0 atom stereocenters. The van der Waals surface area contributed by atoms with Gasteiger partial charge in [0.25, 0.3) is 0 Å². The highest BCUT2D eigenvalue weighted by Crippen LogP contribution is 2.12. The quantitative estimate of drug-likeness (QED) is 0.518. The molecule has 13 heavy (non-hydrogen) atoms. The summed E-state index contributed by atoms with van der Waals surface area (Å²) < 4.78 is 5.07. The molecule has 1 aromatic rings. The number of hydrogen-bond acceptors (Lipinski definition) is 2. The number of rotatable bonds is 4. The van der Waals surface area contributed by atoms with E-state index in [0.717, 1.165) is 24.0 Å². The number of hydrogen-bond donors (Lipinski definition) is 0. The van der Waals surface area contributed by atoms with E-state index in [1.807, 2.05) is 30.3 Å². The SMILES string of the molecule is COc1cccc(C/C=C/C=O)c1. The Hall–Kier alpha value is -1.57. The van der Waals surface area contributed by atoms with Gasteiger partial charge in [-0.3, -0.25) is 4.79 Å². The predicted octanol–water partition coefficient (Wildman–Crippen LogP) is 1.99. The van der Waals surface area contributed by atoms with Crippen molar-refractivity contribution in [2.45, 2.75) is 6.42 Å². The maximum Gasteiger partial charge on any atom is 0.142 e. The van der Waals surface area contributed by atoms with Crippen LogP contribution in [0.3, 0.4) is 0 Å². The minimum absolute atomic E-state index is 0.760. The van der Waals surface area contributed by atoms with Gasteiger partial charge in [-0.15, -0.1) is 0 Å². The third-order valence-corrected chi connectivity index (χ3v) is 1.70. The molecule has 0 N–H and O–H groups in total. The van der Waals surface area contributed by atoms with E-state index in [4.69, 9.17) is 4.74 Å². The van der Waals surface area contributed by atoms with Crippen molar-refractivity contribution >= 4 is 6.29 Å². The lowest BCUT2D eigenvalue weighted by Gasteiger charge is -2.00. The van der Waals surface area contributed by atoms with Gasteiger partial charge >= 0.3 is 0 Å². The van der Waals surface area contributed by atoms with Gasteiger partial charge in [0.05, 0.1) is 7.11 Å². The van der Waals surface area contributed by atoms with Crippen LogP contribution in [0.15, 0.2) is 36.4 Å². The van der Waals surface area contributed by atoms with Crippen molar-refractivity contribution < 1.29 is 9.53 Å². The third-order valence-electron chi connectivity index (χ3n) is 1.70. The molecule has 0 aliphatic carbocycles. The van der Waals surface area contributed by atoms with Gasteiger partial charge in [-0.2, -0.15) is 0 Å². The summed E-state index contributed by atoms with van der Waals surface area (Å²) in [4.78, 5) is 10.0. The zero-order chi connectivity index (χ0) is 9.52. The summed E-state index contributed by atoms with van der Waals surface area (Å²) in [6.45, 7) is 0. The lowest BCUT2D eigenvalue weighted by Crippen LogP contribution is -1.85. The summed E-state index contributed by atoms with van der Waals surface area (Å²) in [5, 5.41) is 0. The van der Waals surface area contributed by atoms with Crippen LogP contribution < -0.4 is 4.74 Å². The van der Waals surface area contributed by atoms with Crippen molar-refractivity contribution in [2.75, 3.05) is 7.11 Å². The standard InChI is InChI=1S/C11H12O2/c1-13-11-7-4-6-10(9-11)5-2-3-8-12/h2-4,6-9H,5H2,1H3/b3-2+. The average molecular weight is 176 g/mol. The number of benzene rings is 1. The molecule has 0 radical (unpaired) electrons. The van der Waals surface area contributed by atoms with E-state index in [9.17, 15) is 4.79 Å². The second kappa shape index (κ2) is 5.14. The van der Waals surface area contributed by atoms with Crippen molar-refractivity contribution in [3.63, 3.8) is 0 Å². The van der Waals surface area contributed by atoms with Crippen LogP contribution in [0, 0.1) is 0 Å². The Labute approximate surface area is 77.8 Å². The average Bonchev–Trinajstić information content (AvgIpc) is 2.19. The fraction of sp³-hybridized carbons (Fsp3) is 0.182. The molecular weight excluding hydrogens is 164 g/mol. The normalized spacial score (nSPS) is 10.2. The molecule has 0 aliphatic heterocycles. The van der Waals surface area contributed by atoms with Crippen LogP contribution in [-0.2, 0) is 11.2 Å². The van der Waals surface area contributed by atoms with E-state index in [1.54, 1.807) is 7.11 Å². The molecule has 0 bridgehead atoms. The lowest BCUT2D eigenvalue weighted by atomic mass is 10.1. The highest BCUT2D eigenvalue weighted by Gasteiger charge is 1.92. The number of methoxy groups -OCH3 is 1. The Balaban J connectivity index is 2.66. The summed E-state index contributed by atoms with van der Waals surface area (Å²) in [6.07, 6.45) is 4.86. The molecule has 68 valence electrons. The van der Waals surface area contributed by atoms with E-state index < -0.39 is 0 Å². The van der Waals surface area contributed by atoms with Crippen LogP contribution in [0.4, 0.5) is 0 Å². The fourth-order valence-electron chi connectivity index (χ4n) is 1.06. The number of aldehydes is 1. The zero-order valence-corrected chi connectivity index (χ0v) is 7.57. The summed E-state index contributed by atoms with van der Waals surface area (Å²) in [5.74, 6) is 0.844. The first-order chi connectivity index (χ1) is 6.36. The fourth-order valence-corrected chi connectivity index (χ4v) is 1.06. The molecule has 0 spiro atoms. The Morgan fingerprint density at radius 1 is 1.46 bits per heavy atom. The molecule has 2 nitrogen and oxygen atoms in total. The molecule has 1 aromatic carbocycles. The Kier molecular flexibility index (Phi) is 3.76. The molecule has 0 aliphatic rings. The smallest absolute Gasteiger partial charge is 0.142 e. The molecular formula is C11H12O2. The van der Waals surface area contributed by atoms with Gasteiger partial charge in [0.15, 0.2) is 0 Å². The molecule has 0 heterocycles. The van der Waals surface area contributed by atoms with Crippen LogP contribution in [0.25, 0.3) is 0 Å². The second-order valence-electron chi connectivity index (χ2n) is 2.62. The third kappa shape index (κ3) is 3.11. The topological polar surface area (TPSA) is 26.3 Å². The highest BCUT2D eigenvalue weighted by atomic mass is 16.5. The summed E-state index contributed by atoms with van der Waals surface area (Å²) in [6, 6.07) is 7.78. The largest absolute Gasteiger partial charge is 0.497 e. The van der Waals surface area contributed by atoms with Gasteiger partial charge in [-0.05, 0) is 30.2 Å². The molecule has 1 rings (SSSR count). The number of carbonyl (C=O) groups excluding carboxylic acids is 1. The van der Waals surface area contributed by atoms with E-state index in [0.29, 0.717) is 0 Å². The summed E-state index contributed by atoms with van der Waals surface area (Å²) in [5.41, 5.74) is 1.14. The maximum absolute atomic E-state index is 10.0. The molecule has 0 saturated heterocycles. The number of allylic oxidation sites excluding steroid dienone is 2. The van der Waals surface area contributed by atoms with Crippen LogP contribution in [0.2, 0.25) is 0 Å². The highest BCUT2D eigenvalue weighted by molar-refractivity contribution is 5.64. The zero-order valence-electron chi connectivity index (χ0n) is 7.57. The first-order valence-electron chi connectivity index (χ1n) is 4.10. The van der Waals surface area contributed by atoms with Crippen LogP contribution >= 0.6 is 0 Å². The molecule has 0 saturated carbocycles. The van der Waals surface area contributed by atoms with E-state index >= 15 is 0 Å². The molecule has 0 aromatic heterocycles. The van der Waals surface area contributed by atoms with Gasteiger partial charge in [-0.1, -0.05) is 18.2 Å². The van der Waals surface area contributed by atoms with Crippen molar-refractivity contribution in [3.05, 3.63) is 42.0 Å². The van der Waals surface area contributed by atoms with Crippen molar-refractivity contribution in [3.8, 4) is 5.75 Å². The first kappa shape index (κ1) is 9.52. The maximum atomic E-state index is 10.0. The van der Waals surface area contributed by atoms with Crippen molar-refractivity contribution in [1.82, 2.24) is 0 Å². The monoisotopic (exact) mass is 176 g/mol. The Bertz CT molecular complexity index is 303. The second-order valence-corrected chi connectivity index (χ2v) is 2.62. The van der Waals surface area contributed by atoms with Crippen molar-refractivity contribution in [2.24, 2.45) is 0 Å². The van der Waals surface area contributed by atoms with Crippen molar-refractivity contribution in [1.29, 1.82) is 0 Å². The van der Waals surface area contributed by atoms with Crippen LogP contribution in [-0.4, -0.2) is 13.4 Å². The van der Waals surface area contributed by atoms with Crippen LogP contribution in [0.5, 0.6) is 5.75 Å². The van der Waals surface area contributed by atoms with Crippen LogP contribution in [0.1, 0.15) is 5.56 Å². The summed E-state index contributed by atoms with van der Waals surface area (Å²) in [7, 11) is 1.64.